The lowest BCUT2D eigenvalue weighted by atomic mass is 9.78. The van der Waals surface area contributed by atoms with Crippen LogP contribution in [0.4, 0.5) is 0 Å². The molecule has 2 aliphatic heterocycles. The van der Waals surface area contributed by atoms with Gasteiger partial charge in [0, 0.05) is 71.9 Å². The topological polar surface area (TPSA) is 273 Å². The second-order valence-corrected chi connectivity index (χ2v) is 14.2. The van der Waals surface area contributed by atoms with Crippen molar-refractivity contribution in [1.82, 2.24) is 40.4 Å². The standard InChI is InChI=1S/C34H59BN8O12/c1-25(2)19-26(34(53)37-20-30(46)43-10-6-7-27(43)35(54)55)38-28(44)8-4-3-5-9-36-29(45)21-39-11-13-40(22-31(47)48)15-17-42(24-33(51)52)18-16-41(14-12-39)23-32(49)50/h19,26-27,54-55H,3-18,20-24H2,1-2H3,(H,36,45)(H,37,53)(H,38,44)(H,47,48)(H,49,50)(H,51,52)/t26?,27-/m0/s1. The summed E-state index contributed by atoms with van der Waals surface area (Å²) in [7, 11) is -1.67. The molecule has 2 atom stereocenters. The first-order chi connectivity index (χ1) is 26.0. The lowest BCUT2D eigenvalue weighted by molar-refractivity contribution is -0.140. The Morgan fingerprint density at radius 1 is 0.673 bits per heavy atom. The van der Waals surface area contributed by atoms with Crippen molar-refractivity contribution >= 4 is 48.7 Å². The molecule has 0 bridgehead atoms. The Morgan fingerprint density at radius 3 is 1.62 bits per heavy atom. The van der Waals surface area contributed by atoms with Crippen molar-refractivity contribution in [2.24, 2.45) is 0 Å². The third-order valence-corrected chi connectivity index (χ3v) is 9.25. The first-order valence-corrected chi connectivity index (χ1v) is 18.7. The zero-order valence-corrected chi connectivity index (χ0v) is 32.0. The van der Waals surface area contributed by atoms with Crippen molar-refractivity contribution in [3.8, 4) is 0 Å². The van der Waals surface area contributed by atoms with Crippen LogP contribution in [0.2, 0.25) is 0 Å². The van der Waals surface area contributed by atoms with Gasteiger partial charge in [-0.3, -0.25) is 53.2 Å². The van der Waals surface area contributed by atoms with E-state index in [0.717, 1.165) is 5.57 Å². The molecule has 0 saturated carbocycles. The summed E-state index contributed by atoms with van der Waals surface area (Å²) in [5, 5.41) is 55.2. The predicted molar refractivity (Wildman–Crippen MR) is 199 cm³/mol. The summed E-state index contributed by atoms with van der Waals surface area (Å²) in [5.74, 6) is -5.50. The van der Waals surface area contributed by atoms with Crippen LogP contribution in [-0.4, -0.2) is 209 Å². The Kier molecular flexibility index (Phi) is 21.5. The second-order valence-electron chi connectivity index (χ2n) is 14.2. The Hall–Kier alpha value is -4.15. The molecule has 8 N–H and O–H groups in total. The second kappa shape index (κ2) is 25.1. The van der Waals surface area contributed by atoms with Gasteiger partial charge < -0.3 is 46.2 Å². The van der Waals surface area contributed by atoms with Crippen LogP contribution in [0.15, 0.2) is 11.6 Å². The molecule has 0 aromatic carbocycles. The van der Waals surface area contributed by atoms with Crippen molar-refractivity contribution in [3.63, 3.8) is 0 Å². The molecule has 0 aromatic rings. The minimum atomic E-state index is -1.67. The van der Waals surface area contributed by atoms with Gasteiger partial charge in [0.15, 0.2) is 0 Å². The van der Waals surface area contributed by atoms with Crippen LogP contribution in [0.5, 0.6) is 0 Å². The molecule has 55 heavy (non-hydrogen) atoms. The third-order valence-electron chi connectivity index (χ3n) is 9.25. The fourth-order valence-electron chi connectivity index (χ4n) is 6.41. The molecule has 4 amide bonds. The Labute approximate surface area is 322 Å². The Balaban J connectivity index is 1.82. The number of hydrogen-bond acceptors (Lipinski definition) is 13. The lowest BCUT2D eigenvalue weighted by Crippen LogP contribution is -2.51. The number of hydrogen-bond donors (Lipinski definition) is 8. The molecule has 2 aliphatic rings. The van der Waals surface area contributed by atoms with Gasteiger partial charge in [-0.25, -0.2) is 0 Å². The first-order valence-electron chi connectivity index (χ1n) is 18.7. The van der Waals surface area contributed by atoms with Gasteiger partial charge in [0.2, 0.25) is 23.6 Å². The van der Waals surface area contributed by atoms with Crippen molar-refractivity contribution in [3.05, 3.63) is 11.6 Å². The van der Waals surface area contributed by atoms with Gasteiger partial charge in [0.25, 0.3) is 0 Å². The normalized spacial score (nSPS) is 18.6. The highest BCUT2D eigenvalue weighted by Gasteiger charge is 2.37. The molecule has 0 aliphatic carbocycles. The molecule has 2 rings (SSSR count). The molecule has 2 heterocycles. The van der Waals surface area contributed by atoms with E-state index in [4.69, 9.17) is 0 Å². The van der Waals surface area contributed by atoms with Crippen LogP contribution in [-0.2, 0) is 33.6 Å². The molecule has 0 aromatic heterocycles. The van der Waals surface area contributed by atoms with Crippen molar-refractivity contribution in [2.45, 2.75) is 64.4 Å². The number of aliphatic carboxylic acids is 3. The van der Waals surface area contributed by atoms with Crippen molar-refractivity contribution < 1.29 is 58.9 Å². The number of unbranched alkanes of at least 4 members (excludes halogenated alkanes) is 2. The molecule has 2 saturated heterocycles. The fraction of sp³-hybridized carbons (Fsp3) is 0.735. The van der Waals surface area contributed by atoms with Crippen LogP contribution in [0, 0.1) is 0 Å². The van der Waals surface area contributed by atoms with E-state index in [0.29, 0.717) is 71.4 Å². The summed E-state index contributed by atoms with van der Waals surface area (Å²) in [4.78, 5) is 93.6. The van der Waals surface area contributed by atoms with Crippen LogP contribution < -0.4 is 16.0 Å². The molecule has 310 valence electrons. The largest absolute Gasteiger partial charge is 0.480 e. The van der Waals surface area contributed by atoms with Gasteiger partial charge in [-0.1, -0.05) is 18.1 Å². The van der Waals surface area contributed by atoms with E-state index in [2.05, 4.69) is 16.0 Å². The average molecular weight is 783 g/mol. The van der Waals surface area contributed by atoms with E-state index < -0.39 is 48.8 Å². The van der Waals surface area contributed by atoms with E-state index in [1.165, 1.54) is 4.90 Å². The van der Waals surface area contributed by atoms with Gasteiger partial charge >= 0.3 is 25.0 Å². The maximum Gasteiger partial charge on any atom is 0.475 e. The van der Waals surface area contributed by atoms with E-state index in [1.807, 2.05) is 4.90 Å². The third kappa shape index (κ3) is 19.8. The molecule has 1 unspecified atom stereocenters. The molecular weight excluding hydrogens is 723 g/mol. The maximum absolute atomic E-state index is 12.9. The number of rotatable bonds is 20. The minimum Gasteiger partial charge on any atom is -0.480 e. The highest BCUT2D eigenvalue weighted by molar-refractivity contribution is 6.43. The Bertz CT molecular complexity index is 1300. The summed E-state index contributed by atoms with van der Waals surface area (Å²) < 4.78 is 0. The van der Waals surface area contributed by atoms with Crippen LogP contribution in [0.1, 0.15) is 52.4 Å². The fourth-order valence-corrected chi connectivity index (χ4v) is 6.41. The summed E-state index contributed by atoms with van der Waals surface area (Å²) in [6, 6.07) is -1.01. The Morgan fingerprint density at radius 2 is 1.16 bits per heavy atom. The molecular formula is C34H59BN8O12. The van der Waals surface area contributed by atoms with Gasteiger partial charge in [0.05, 0.1) is 38.7 Å². The predicted octanol–water partition coefficient (Wildman–Crippen LogP) is -3.29. The number of likely N-dealkylation sites (tertiary alicyclic amines) is 1. The number of carbonyl (C=O) groups excluding carboxylic acids is 4. The number of carbonyl (C=O) groups is 7. The SMILES string of the molecule is CC(C)=CC(NC(=O)CCCCCNC(=O)CN1CCN(CC(=O)O)CCN(CC(=O)O)CCN(CC(=O)O)CC1)C(=O)NCC(=O)N1CCC[C@H]1B(O)O. The number of nitrogens with one attached hydrogen (secondary N) is 3. The van der Waals surface area contributed by atoms with Gasteiger partial charge in [-0.2, -0.15) is 0 Å². The van der Waals surface area contributed by atoms with Gasteiger partial charge in [-0.15, -0.1) is 0 Å². The van der Waals surface area contributed by atoms with E-state index >= 15 is 0 Å². The maximum atomic E-state index is 12.9. The summed E-state index contributed by atoms with van der Waals surface area (Å²) >= 11 is 0. The molecule has 20 nitrogen and oxygen atoms in total. The smallest absolute Gasteiger partial charge is 0.475 e. The summed E-state index contributed by atoms with van der Waals surface area (Å²) in [5.41, 5.74) is 0.776. The zero-order chi connectivity index (χ0) is 40.9. The molecule has 2 fully saturated rings. The van der Waals surface area contributed by atoms with Crippen LogP contribution >= 0.6 is 0 Å². The summed E-state index contributed by atoms with van der Waals surface area (Å²) in [6.07, 6.45) is 4.43. The number of nitrogens with zero attached hydrogens (tertiary/aromatic N) is 5. The monoisotopic (exact) mass is 782 g/mol. The quantitative estimate of drug-likeness (QED) is 0.0342. The molecule has 0 spiro atoms. The van der Waals surface area contributed by atoms with E-state index in [1.54, 1.807) is 34.6 Å². The average Bonchev–Trinajstić information content (AvgIpc) is 3.59. The molecule has 0 radical (unpaired) electrons. The van der Waals surface area contributed by atoms with Gasteiger partial charge in [-0.05, 0) is 39.5 Å². The van der Waals surface area contributed by atoms with E-state index in [9.17, 15) is 58.9 Å². The van der Waals surface area contributed by atoms with Crippen LogP contribution in [0.3, 0.4) is 0 Å². The highest BCUT2D eigenvalue weighted by atomic mass is 16.4. The van der Waals surface area contributed by atoms with Crippen LogP contribution in [0.25, 0.3) is 0 Å². The first kappa shape index (κ1) is 47.0. The minimum absolute atomic E-state index is 0.00319. The zero-order valence-electron chi connectivity index (χ0n) is 32.0. The van der Waals surface area contributed by atoms with Crippen molar-refractivity contribution in [2.75, 3.05) is 98.2 Å². The number of carboxylic acids is 3. The number of amides is 4. The lowest BCUT2D eigenvalue weighted by Gasteiger charge is -2.32. The van der Waals surface area contributed by atoms with Gasteiger partial charge in [0.1, 0.15) is 6.04 Å². The van der Waals surface area contributed by atoms with E-state index in [-0.39, 0.29) is 77.1 Å². The number of carboxylic acid groups (broad SMARTS) is 3. The summed E-state index contributed by atoms with van der Waals surface area (Å²) in [6.45, 7) is 5.44. The number of allylic oxidation sites excluding steroid dienone is 1. The van der Waals surface area contributed by atoms with Crippen molar-refractivity contribution in [1.29, 1.82) is 0 Å². The molecule has 21 heteroatoms. The highest BCUT2D eigenvalue weighted by Crippen LogP contribution is 2.17.